The van der Waals surface area contributed by atoms with Crippen molar-refractivity contribution in [2.45, 2.75) is 50.5 Å². The third-order valence-electron chi connectivity index (χ3n) is 3.55. The number of rotatable bonds is 7. The molecule has 23 heavy (non-hydrogen) atoms. The van der Waals surface area contributed by atoms with Crippen molar-refractivity contribution in [3.63, 3.8) is 0 Å². The summed E-state index contributed by atoms with van der Waals surface area (Å²) >= 11 is 0. The summed E-state index contributed by atoms with van der Waals surface area (Å²) in [5.74, 6) is -1.33. The van der Waals surface area contributed by atoms with Crippen molar-refractivity contribution in [3.05, 3.63) is 29.3 Å². The monoisotopic (exact) mass is 341 g/mol. The molecule has 1 amide bonds. The molecule has 128 valence electrons. The minimum atomic E-state index is -3.41. The maximum Gasteiger partial charge on any atom is 0.303 e. The topological polar surface area (TPSA) is 101 Å². The van der Waals surface area contributed by atoms with Crippen LogP contribution in [-0.2, 0) is 21.1 Å². The number of hydrogen-bond donors (Lipinski definition) is 2. The van der Waals surface area contributed by atoms with E-state index in [1.807, 2.05) is 6.92 Å². The van der Waals surface area contributed by atoms with Crippen molar-refractivity contribution in [1.29, 1.82) is 0 Å². The third kappa shape index (κ3) is 5.67. The summed E-state index contributed by atoms with van der Waals surface area (Å²) in [5, 5.41) is 11.5. The van der Waals surface area contributed by atoms with Gasteiger partial charge in [-0.05, 0) is 44.4 Å². The molecule has 6 nitrogen and oxygen atoms in total. The summed E-state index contributed by atoms with van der Waals surface area (Å²) < 4.78 is 23.3. The SMILES string of the molecule is CCc1ccc(S(C)(=O)=O)cc1C(=O)NC(C)(C)CCC(=O)O. The highest BCUT2D eigenvalue weighted by molar-refractivity contribution is 7.90. The fourth-order valence-corrected chi connectivity index (χ4v) is 2.81. The van der Waals surface area contributed by atoms with E-state index >= 15 is 0 Å². The molecule has 0 saturated heterocycles. The van der Waals surface area contributed by atoms with E-state index in [1.54, 1.807) is 19.9 Å². The average molecular weight is 341 g/mol. The standard InChI is InChI=1S/C16H23NO5S/c1-5-11-6-7-12(23(4,21)22)10-13(11)15(20)17-16(2,3)9-8-14(18)19/h6-7,10H,5,8-9H2,1-4H3,(H,17,20)(H,18,19). The van der Waals surface area contributed by atoms with Crippen LogP contribution in [0.3, 0.4) is 0 Å². The third-order valence-corrected chi connectivity index (χ3v) is 4.66. The number of benzene rings is 1. The Morgan fingerprint density at radius 1 is 1.26 bits per heavy atom. The zero-order valence-corrected chi connectivity index (χ0v) is 14.7. The molecule has 1 aromatic rings. The van der Waals surface area contributed by atoms with Gasteiger partial charge in [-0.1, -0.05) is 13.0 Å². The molecule has 0 aliphatic rings. The molecule has 2 N–H and O–H groups in total. The number of nitrogens with one attached hydrogen (secondary N) is 1. The number of carboxylic acids is 1. The Morgan fingerprint density at radius 2 is 1.87 bits per heavy atom. The number of carbonyl (C=O) groups excluding carboxylic acids is 1. The van der Waals surface area contributed by atoms with E-state index < -0.39 is 27.3 Å². The maximum atomic E-state index is 12.5. The lowest BCUT2D eigenvalue weighted by atomic mass is 9.96. The van der Waals surface area contributed by atoms with E-state index in [-0.39, 0.29) is 17.7 Å². The van der Waals surface area contributed by atoms with Gasteiger partial charge in [0.1, 0.15) is 0 Å². The van der Waals surface area contributed by atoms with Crippen molar-refractivity contribution >= 4 is 21.7 Å². The van der Waals surface area contributed by atoms with Crippen molar-refractivity contribution in [2.75, 3.05) is 6.26 Å². The van der Waals surface area contributed by atoms with E-state index in [2.05, 4.69) is 5.32 Å². The number of amides is 1. The van der Waals surface area contributed by atoms with Gasteiger partial charge in [-0.2, -0.15) is 0 Å². The van der Waals surface area contributed by atoms with Gasteiger partial charge in [-0.3, -0.25) is 9.59 Å². The van der Waals surface area contributed by atoms with Crippen LogP contribution in [0.2, 0.25) is 0 Å². The van der Waals surface area contributed by atoms with Crippen LogP contribution in [0.15, 0.2) is 23.1 Å². The van der Waals surface area contributed by atoms with Crippen LogP contribution in [0.5, 0.6) is 0 Å². The Bertz CT molecular complexity index is 707. The summed E-state index contributed by atoms with van der Waals surface area (Å²) in [7, 11) is -3.41. The van der Waals surface area contributed by atoms with E-state index in [0.29, 0.717) is 12.0 Å². The van der Waals surface area contributed by atoms with Crippen LogP contribution < -0.4 is 5.32 Å². The molecule has 0 aliphatic carbocycles. The summed E-state index contributed by atoms with van der Waals surface area (Å²) in [6.45, 7) is 5.35. The van der Waals surface area contributed by atoms with Gasteiger partial charge in [0.2, 0.25) is 0 Å². The summed E-state index contributed by atoms with van der Waals surface area (Å²) in [6.07, 6.45) is 1.90. The number of sulfone groups is 1. The molecule has 0 radical (unpaired) electrons. The quantitative estimate of drug-likeness (QED) is 0.790. The van der Waals surface area contributed by atoms with E-state index in [1.165, 1.54) is 12.1 Å². The summed E-state index contributed by atoms with van der Waals surface area (Å²) in [4.78, 5) is 23.3. The average Bonchev–Trinajstić information content (AvgIpc) is 2.43. The summed E-state index contributed by atoms with van der Waals surface area (Å²) in [5.41, 5.74) is 0.337. The molecule has 0 aliphatic heterocycles. The number of aliphatic carboxylic acids is 1. The first-order chi connectivity index (χ1) is 10.5. The second-order valence-corrected chi connectivity index (χ2v) is 8.19. The van der Waals surface area contributed by atoms with Gasteiger partial charge in [0, 0.05) is 23.8 Å². The predicted molar refractivity (Wildman–Crippen MR) is 87.3 cm³/mol. The van der Waals surface area contributed by atoms with Gasteiger partial charge in [0.15, 0.2) is 9.84 Å². The van der Waals surface area contributed by atoms with Gasteiger partial charge in [-0.25, -0.2) is 8.42 Å². The highest BCUT2D eigenvalue weighted by Crippen LogP contribution is 2.19. The fraction of sp³-hybridized carbons (Fsp3) is 0.500. The highest BCUT2D eigenvalue weighted by Gasteiger charge is 2.24. The van der Waals surface area contributed by atoms with Crippen LogP contribution in [0.1, 0.15) is 49.5 Å². The lowest BCUT2D eigenvalue weighted by Crippen LogP contribution is -2.44. The molecule has 0 atom stereocenters. The molecule has 0 heterocycles. The Hall–Kier alpha value is -1.89. The molecule has 0 saturated carbocycles. The predicted octanol–water partition coefficient (Wildman–Crippen LogP) is 2.03. The molecule has 0 aromatic heterocycles. The normalized spacial score (nSPS) is 12.0. The van der Waals surface area contributed by atoms with Crippen LogP contribution in [-0.4, -0.2) is 37.2 Å². The van der Waals surface area contributed by atoms with Gasteiger partial charge in [-0.15, -0.1) is 0 Å². The molecule has 1 rings (SSSR count). The first-order valence-electron chi connectivity index (χ1n) is 7.33. The minimum Gasteiger partial charge on any atom is -0.481 e. The molecular weight excluding hydrogens is 318 g/mol. The second-order valence-electron chi connectivity index (χ2n) is 6.18. The molecule has 0 fully saturated rings. The van der Waals surface area contributed by atoms with E-state index in [0.717, 1.165) is 11.8 Å². The van der Waals surface area contributed by atoms with Gasteiger partial charge < -0.3 is 10.4 Å². The molecular formula is C16H23NO5S. The Kier molecular flexibility index (Phi) is 5.93. The van der Waals surface area contributed by atoms with Crippen molar-refractivity contribution in [2.24, 2.45) is 0 Å². The van der Waals surface area contributed by atoms with Crippen LogP contribution in [0, 0.1) is 0 Å². The largest absolute Gasteiger partial charge is 0.481 e. The van der Waals surface area contributed by atoms with Crippen LogP contribution in [0.4, 0.5) is 0 Å². The Morgan fingerprint density at radius 3 is 2.35 bits per heavy atom. The number of hydrogen-bond acceptors (Lipinski definition) is 4. The zero-order chi connectivity index (χ0) is 17.8. The molecule has 0 unspecified atom stereocenters. The van der Waals surface area contributed by atoms with Crippen molar-refractivity contribution < 1.29 is 23.1 Å². The first kappa shape index (κ1) is 19.2. The highest BCUT2D eigenvalue weighted by atomic mass is 32.2. The second kappa shape index (κ2) is 7.12. The number of carbonyl (C=O) groups is 2. The Balaban J connectivity index is 3.09. The van der Waals surface area contributed by atoms with Crippen molar-refractivity contribution in [3.8, 4) is 0 Å². The smallest absolute Gasteiger partial charge is 0.303 e. The van der Waals surface area contributed by atoms with Gasteiger partial charge >= 0.3 is 5.97 Å². The van der Waals surface area contributed by atoms with E-state index in [4.69, 9.17) is 5.11 Å². The summed E-state index contributed by atoms with van der Waals surface area (Å²) in [6, 6.07) is 4.49. The fourth-order valence-electron chi connectivity index (χ4n) is 2.16. The van der Waals surface area contributed by atoms with E-state index in [9.17, 15) is 18.0 Å². The lowest BCUT2D eigenvalue weighted by Gasteiger charge is -2.26. The van der Waals surface area contributed by atoms with Crippen LogP contribution >= 0.6 is 0 Å². The lowest BCUT2D eigenvalue weighted by molar-refractivity contribution is -0.137. The first-order valence-corrected chi connectivity index (χ1v) is 9.22. The van der Waals surface area contributed by atoms with Crippen molar-refractivity contribution in [1.82, 2.24) is 5.32 Å². The van der Waals surface area contributed by atoms with Gasteiger partial charge in [0.25, 0.3) is 5.91 Å². The molecule has 1 aromatic carbocycles. The Labute approximate surface area is 136 Å². The molecule has 7 heteroatoms. The zero-order valence-electron chi connectivity index (χ0n) is 13.8. The van der Waals surface area contributed by atoms with Gasteiger partial charge in [0.05, 0.1) is 4.90 Å². The minimum absolute atomic E-state index is 0.0582. The molecule has 0 spiro atoms. The maximum absolute atomic E-state index is 12.5. The molecule has 0 bridgehead atoms. The number of carboxylic acid groups (broad SMARTS) is 1. The number of aryl methyl sites for hydroxylation is 1. The van der Waals surface area contributed by atoms with Crippen LogP contribution in [0.25, 0.3) is 0 Å².